The maximum Gasteiger partial charge on any atom is 0.248 e. The van der Waals surface area contributed by atoms with E-state index >= 15 is 0 Å². The van der Waals surface area contributed by atoms with Crippen molar-refractivity contribution in [2.75, 3.05) is 44.5 Å². The van der Waals surface area contributed by atoms with Crippen LogP contribution in [0.3, 0.4) is 0 Å². The molecule has 1 saturated heterocycles. The predicted molar refractivity (Wildman–Crippen MR) is 125 cm³/mol. The highest BCUT2D eigenvalue weighted by molar-refractivity contribution is 6.03. The van der Waals surface area contributed by atoms with Gasteiger partial charge in [-0.15, -0.1) is 0 Å². The summed E-state index contributed by atoms with van der Waals surface area (Å²) >= 11 is 0. The number of benzene rings is 2. The number of nitrogens with one attached hydrogen (secondary N) is 2. The first-order valence-electron chi connectivity index (χ1n) is 10.7. The molecule has 2 N–H and O–H groups in total. The first-order valence-corrected chi connectivity index (χ1v) is 10.7. The predicted octanol–water partition coefficient (Wildman–Crippen LogP) is 3.74. The fourth-order valence-corrected chi connectivity index (χ4v) is 3.38. The van der Waals surface area contributed by atoms with Gasteiger partial charge < -0.3 is 25.0 Å². The lowest BCUT2D eigenvalue weighted by Gasteiger charge is -2.17. The molecule has 2 aromatic carbocycles. The number of fused-ring (bicyclic) bond motifs is 1. The summed E-state index contributed by atoms with van der Waals surface area (Å²) < 4.78 is 24.8. The van der Waals surface area contributed by atoms with Crippen LogP contribution >= 0.6 is 0 Å². The Labute approximate surface area is 191 Å². The molecule has 1 atom stereocenters. The highest BCUT2D eigenvalue weighted by Gasteiger charge is 2.20. The van der Waals surface area contributed by atoms with Crippen molar-refractivity contribution < 1.29 is 18.7 Å². The van der Waals surface area contributed by atoms with Gasteiger partial charge in [-0.25, -0.2) is 14.4 Å². The number of likely N-dealkylation sites (N-methyl/N-ethyl adjacent to an activating group) is 1. The van der Waals surface area contributed by atoms with E-state index in [1.807, 2.05) is 19.0 Å². The minimum absolute atomic E-state index is 0.0963. The maximum absolute atomic E-state index is 13.3. The lowest BCUT2D eigenvalue weighted by atomic mass is 10.1. The molecule has 1 unspecified atom stereocenters. The van der Waals surface area contributed by atoms with Crippen LogP contribution in [0.15, 0.2) is 54.9 Å². The fraction of sp³-hybridized carbons (Fsp3) is 0.292. The van der Waals surface area contributed by atoms with Gasteiger partial charge in [0.15, 0.2) is 0 Å². The smallest absolute Gasteiger partial charge is 0.248 e. The highest BCUT2D eigenvalue weighted by atomic mass is 19.1. The molecule has 1 aromatic heterocycles. The number of aromatic nitrogens is 2. The molecule has 3 aromatic rings. The van der Waals surface area contributed by atoms with Crippen LogP contribution in [0.2, 0.25) is 0 Å². The number of halogens is 1. The number of ether oxygens (including phenoxy) is 2. The standard InChI is InChI=1S/C24H26FN5O3/c1-30(2)10-3-4-23(31)29-21-12-19-20(13-22(21)33-18-9-11-32-14-18)26-15-27-24(19)28-17-7-5-16(25)6-8-17/h3-8,12-13,15,18H,9-11,14H2,1-2H3,(H,29,31)(H,26,27,28)/b4-3+. The summed E-state index contributed by atoms with van der Waals surface area (Å²) in [6, 6.07) is 9.55. The van der Waals surface area contributed by atoms with Gasteiger partial charge in [-0.05, 0) is 44.4 Å². The summed E-state index contributed by atoms with van der Waals surface area (Å²) in [7, 11) is 3.85. The number of carbonyl (C=O) groups excluding carboxylic acids is 1. The Morgan fingerprint density at radius 3 is 2.82 bits per heavy atom. The molecule has 8 nitrogen and oxygen atoms in total. The SMILES string of the molecule is CN(C)C/C=C/C(=O)Nc1cc2c(Nc3ccc(F)cc3)ncnc2cc1OC1CCOC1. The van der Waals surface area contributed by atoms with Gasteiger partial charge in [-0.3, -0.25) is 4.79 Å². The second-order valence-corrected chi connectivity index (χ2v) is 7.98. The van der Waals surface area contributed by atoms with Crippen LogP contribution in [-0.4, -0.2) is 60.7 Å². The fourth-order valence-electron chi connectivity index (χ4n) is 3.38. The van der Waals surface area contributed by atoms with Crippen LogP contribution in [0.25, 0.3) is 10.9 Å². The second kappa shape index (κ2) is 10.4. The third kappa shape index (κ3) is 6.03. The van der Waals surface area contributed by atoms with Gasteiger partial charge in [-0.1, -0.05) is 6.08 Å². The van der Waals surface area contributed by atoms with Gasteiger partial charge in [0.2, 0.25) is 5.91 Å². The topological polar surface area (TPSA) is 88.6 Å². The minimum atomic E-state index is -0.321. The Kier molecular flexibility index (Phi) is 7.11. The van der Waals surface area contributed by atoms with Crippen molar-refractivity contribution in [1.29, 1.82) is 0 Å². The van der Waals surface area contributed by atoms with E-state index in [4.69, 9.17) is 9.47 Å². The van der Waals surface area contributed by atoms with Crippen LogP contribution in [-0.2, 0) is 9.53 Å². The quantitative estimate of drug-likeness (QED) is 0.505. The van der Waals surface area contributed by atoms with Gasteiger partial charge in [-0.2, -0.15) is 0 Å². The molecule has 33 heavy (non-hydrogen) atoms. The molecule has 1 aliphatic rings. The Morgan fingerprint density at radius 2 is 2.09 bits per heavy atom. The monoisotopic (exact) mass is 451 g/mol. The molecule has 0 aliphatic carbocycles. The summed E-state index contributed by atoms with van der Waals surface area (Å²) in [5, 5.41) is 6.77. The van der Waals surface area contributed by atoms with E-state index in [1.165, 1.54) is 24.5 Å². The second-order valence-electron chi connectivity index (χ2n) is 7.98. The zero-order chi connectivity index (χ0) is 23.2. The molecule has 1 aliphatic heterocycles. The lowest BCUT2D eigenvalue weighted by molar-refractivity contribution is -0.111. The van der Waals surface area contributed by atoms with Crippen LogP contribution in [0.4, 0.5) is 21.6 Å². The Morgan fingerprint density at radius 1 is 1.27 bits per heavy atom. The van der Waals surface area contributed by atoms with E-state index in [-0.39, 0.29) is 17.8 Å². The largest absolute Gasteiger partial charge is 0.486 e. The van der Waals surface area contributed by atoms with Crippen molar-refractivity contribution in [3.63, 3.8) is 0 Å². The molecule has 0 bridgehead atoms. The minimum Gasteiger partial charge on any atom is -0.486 e. The van der Waals surface area contributed by atoms with E-state index < -0.39 is 0 Å². The summed E-state index contributed by atoms with van der Waals surface area (Å²) in [4.78, 5) is 23.2. The summed E-state index contributed by atoms with van der Waals surface area (Å²) in [6.45, 7) is 1.78. The molecule has 9 heteroatoms. The molecule has 4 rings (SSSR count). The number of carbonyl (C=O) groups is 1. The van der Waals surface area contributed by atoms with Crippen molar-refractivity contribution in [2.24, 2.45) is 0 Å². The molecule has 0 saturated carbocycles. The average molecular weight is 452 g/mol. The van der Waals surface area contributed by atoms with Crippen LogP contribution in [0.1, 0.15) is 6.42 Å². The molecular weight excluding hydrogens is 425 g/mol. The highest BCUT2D eigenvalue weighted by Crippen LogP contribution is 2.34. The molecule has 0 spiro atoms. The van der Waals surface area contributed by atoms with Crippen LogP contribution in [0.5, 0.6) is 5.75 Å². The van der Waals surface area contributed by atoms with Crippen LogP contribution in [0, 0.1) is 5.82 Å². The number of amides is 1. The van der Waals surface area contributed by atoms with Gasteiger partial charge >= 0.3 is 0 Å². The van der Waals surface area contributed by atoms with E-state index in [9.17, 15) is 9.18 Å². The maximum atomic E-state index is 13.3. The summed E-state index contributed by atoms with van der Waals surface area (Å²) in [5.74, 6) is 0.450. The van der Waals surface area contributed by atoms with Gasteiger partial charge in [0.25, 0.3) is 0 Å². The molecule has 172 valence electrons. The van der Waals surface area contributed by atoms with Gasteiger partial charge in [0, 0.05) is 36.2 Å². The first-order chi connectivity index (χ1) is 16.0. The lowest BCUT2D eigenvalue weighted by Crippen LogP contribution is -2.18. The third-order valence-corrected chi connectivity index (χ3v) is 5.02. The molecular formula is C24H26FN5O3. The van der Waals surface area contributed by atoms with Crippen molar-refractivity contribution in [2.45, 2.75) is 12.5 Å². The van der Waals surface area contributed by atoms with E-state index in [2.05, 4.69) is 20.6 Å². The van der Waals surface area contributed by atoms with Gasteiger partial charge in [0.1, 0.15) is 29.8 Å². The molecule has 0 radical (unpaired) electrons. The first kappa shape index (κ1) is 22.6. The van der Waals surface area contributed by atoms with E-state index in [1.54, 1.807) is 30.3 Å². The van der Waals surface area contributed by atoms with Crippen molar-refractivity contribution in [3.8, 4) is 5.75 Å². The van der Waals surface area contributed by atoms with Crippen molar-refractivity contribution >= 4 is 34.0 Å². The van der Waals surface area contributed by atoms with Crippen LogP contribution < -0.4 is 15.4 Å². The number of hydrogen-bond acceptors (Lipinski definition) is 7. The number of rotatable bonds is 8. The molecule has 1 amide bonds. The molecule has 2 heterocycles. The zero-order valence-electron chi connectivity index (χ0n) is 18.5. The summed E-state index contributed by atoms with van der Waals surface area (Å²) in [6.07, 6.45) is 5.40. The number of hydrogen-bond donors (Lipinski definition) is 2. The number of nitrogens with zero attached hydrogens (tertiary/aromatic N) is 3. The molecule has 1 fully saturated rings. The average Bonchev–Trinajstić information content (AvgIpc) is 3.29. The Balaban J connectivity index is 1.67. The number of anilines is 3. The summed E-state index contributed by atoms with van der Waals surface area (Å²) in [5.41, 5.74) is 1.83. The van der Waals surface area contributed by atoms with E-state index in [0.717, 1.165) is 6.42 Å². The Hall–Kier alpha value is -3.56. The van der Waals surface area contributed by atoms with E-state index in [0.29, 0.717) is 53.6 Å². The van der Waals surface area contributed by atoms with Crippen molar-refractivity contribution in [1.82, 2.24) is 14.9 Å². The van der Waals surface area contributed by atoms with Gasteiger partial charge in [0.05, 0.1) is 24.4 Å². The third-order valence-electron chi connectivity index (χ3n) is 5.02. The van der Waals surface area contributed by atoms with Crippen molar-refractivity contribution in [3.05, 3.63) is 60.7 Å². The zero-order valence-corrected chi connectivity index (χ0v) is 18.5. The normalized spacial score (nSPS) is 15.9. The Bertz CT molecular complexity index is 1140.